The molecule has 16 heavy (non-hydrogen) atoms. The molecule has 3 heteroatoms. The van der Waals surface area contributed by atoms with Crippen LogP contribution in [0.4, 0.5) is 8.78 Å². The Hall–Kier alpha value is -0.960. The molecule has 1 aromatic carbocycles. The molecule has 0 saturated heterocycles. The van der Waals surface area contributed by atoms with Crippen LogP contribution in [-0.2, 0) is 12.3 Å². The van der Waals surface area contributed by atoms with Crippen molar-refractivity contribution >= 4 is 0 Å². The molecule has 0 radical (unpaired) electrons. The standard InChI is InChI=1S/C13H17F2N/c1-12(14,15)11-5-3-2-4-10(11)6-7-13(16)8-9-13/h2-5H,6-9,16H2,1H3. The molecule has 0 atom stereocenters. The van der Waals surface area contributed by atoms with Crippen LogP contribution in [-0.4, -0.2) is 5.54 Å². The normalized spacial score (nSPS) is 18.5. The van der Waals surface area contributed by atoms with Crippen LogP contribution in [0, 0.1) is 0 Å². The first-order valence-corrected chi connectivity index (χ1v) is 5.66. The van der Waals surface area contributed by atoms with Gasteiger partial charge in [0, 0.05) is 18.0 Å². The lowest BCUT2D eigenvalue weighted by atomic mass is 9.96. The SMILES string of the molecule is CC(F)(F)c1ccccc1CCC1(N)CC1. The molecule has 0 aromatic heterocycles. The van der Waals surface area contributed by atoms with E-state index in [1.807, 2.05) is 0 Å². The first-order valence-electron chi connectivity index (χ1n) is 5.66. The summed E-state index contributed by atoms with van der Waals surface area (Å²) in [6.07, 6.45) is 3.51. The van der Waals surface area contributed by atoms with Crippen LogP contribution in [0.5, 0.6) is 0 Å². The summed E-state index contributed by atoms with van der Waals surface area (Å²) in [4.78, 5) is 0. The van der Waals surface area contributed by atoms with E-state index < -0.39 is 5.92 Å². The van der Waals surface area contributed by atoms with Crippen molar-refractivity contribution in [1.82, 2.24) is 0 Å². The van der Waals surface area contributed by atoms with Gasteiger partial charge in [0.05, 0.1) is 0 Å². The molecule has 2 N–H and O–H groups in total. The van der Waals surface area contributed by atoms with Gasteiger partial charge in [0.25, 0.3) is 5.92 Å². The van der Waals surface area contributed by atoms with Gasteiger partial charge >= 0.3 is 0 Å². The highest BCUT2D eigenvalue weighted by Gasteiger charge is 2.38. The van der Waals surface area contributed by atoms with E-state index in [9.17, 15) is 8.78 Å². The first-order chi connectivity index (χ1) is 7.41. The average Bonchev–Trinajstić information content (AvgIpc) is 2.94. The molecule has 1 aliphatic carbocycles. The number of alkyl halides is 2. The monoisotopic (exact) mass is 225 g/mol. The molecular weight excluding hydrogens is 208 g/mol. The van der Waals surface area contributed by atoms with E-state index in [4.69, 9.17) is 5.73 Å². The van der Waals surface area contributed by atoms with Crippen molar-refractivity contribution in [2.45, 2.75) is 44.1 Å². The summed E-state index contributed by atoms with van der Waals surface area (Å²) < 4.78 is 26.6. The Kier molecular flexibility index (Phi) is 2.74. The summed E-state index contributed by atoms with van der Waals surface area (Å²) >= 11 is 0. The van der Waals surface area contributed by atoms with Crippen molar-refractivity contribution in [3.05, 3.63) is 35.4 Å². The molecule has 0 aliphatic heterocycles. The van der Waals surface area contributed by atoms with E-state index in [2.05, 4.69) is 0 Å². The summed E-state index contributed by atoms with van der Waals surface area (Å²) in [7, 11) is 0. The van der Waals surface area contributed by atoms with Gasteiger partial charge in [0.1, 0.15) is 0 Å². The molecule has 0 amide bonds. The maximum Gasteiger partial charge on any atom is 0.270 e. The second-order valence-electron chi connectivity index (χ2n) is 4.91. The third-order valence-corrected chi connectivity index (χ3v) is 3.27. The quantitative estimate of drug-likeness (QED) is 0.836. The largest absolute Gasteiger partial charge is 0.325 e. The third-order valence-electron chi connectivity index (χ3n) is 3.27. The Morgan fingerprint density at radius 2 is 1.94 bits per heavy atom. The smallest absolute Gasteiger partial charge is 0.270 e. The van der Waals surface area contributed by atoms with Crippen molar-refractivity contribution in [3.8, 4) is 0 Å². The lowest BCUT2D eigenvalue weighted by Gasteiger charge is -2.16. The zero-order valence-electron chi connectivity index (χ0n) is 9.47. The Labute approximate surface area is 94.7 Å². The number of benzene rings is 1. The fourth-order valence-electron chi connectivity index (χ4n) is 1.96. The van der Waals surface area contributed by atoms with Crippen LogP contribution in [0.1, 0.15) is 37.3 Å². The Balaban J connectivity index is 2.13. The molecule has 1 aliphatic rings. The van der Waals surface area contributed by atoms with Crippen molar-refractivity contribution in [1.29, 1.82) is 0 Å². The van der Waals surface area contributed by atoms with Gasteiger partial charge in [-0.3, -0.25) is 0 Å². The second kappa shape index (κ2) is 3.81. The Bertz CT molecular complexity index is 378. The van der Waals surface area contributed by atoms with Crippen molar-refractivity contribution in [3.63, 3.8) is 0 Å². The summed E-state index contributed by atoms with van der Waals surface area (Å²) in [6.45, 7) is 0.946. The molecule has 1 nitrogen and oxygen atoms in total. The van der Waals surface area contributed by atoms with Gasteiger partial charge in [0.2, 0.25) is 0 Å². The molecule has 1 aromatic rings. The Morgan fingerprint density at radius 3 is 2.50 bits per heavy atom. The van der Waals surface area contributed by atoms with E-state index in [1.54, 1.807) is 18.2 Å². The lowest BCUT2D eigenvalue weighted by Crippen LogP contribution is -2.23. The number of rotatable bonds is 4. The van der Waals surface area contributed by atoms with Gasteiger partial charge in [-0.1, -0.05) is 24.3 Å². The van der Waals surface area contributed by atoms with E-state index >= 15 is 0 Å². The minimum absolute atomic E-state index is 0.0733. The van der Waals surface area contributed by atoms with Gasteiger partial charge in [-0.15, -0.1) is 0 Å². The number of aryl methyl sites for hydroxylation is 1. The summed E-state index contributed by atoms with van der Waals surface area (Å²) in [5, 5.41) is 0. The third kappa shape index (κ3) is 2.59. The maximum absolute atomic E-state index is 13.3. The van der Waals surface area contributed by atoms with Gasteiger partial charge < -0.3 is 5.73 Å². The van der Waals surface area contributed by atoms with Crippen LogP contribution in [0.3, 0.4) is 0 Å². The van der Waals surface area contributed by atoms with Gasteiger partial charge in [-0.05, 0) is 31.2 Å². The molecular formula is C13H17F2N. The van der Waals surface area contributed by atoms with Gasteiger partial charge in [0.15, 0.2) is 0 Å². The molecule has 88 valence electrons. The van der Waals surface area contributed by atoms with Crippen molar-refractivity contribution in [2.24, 2.45) is 5.73 Å². The van der Waals surface area contributed by atoms with E-state index in [0.29, 0.717) is 6.42 Å². The fourth-order valence-corrected chi connectivity index (χ4v) is 1.96. The fraction of sp³-hybridized carbons (Fsp3) is 0.538. The summed E-state index contributed by atoms with van der Waals surface area (Å²) in [6, 6.07) is 6.75. The minimum atomic E-state index is -2.76. The van der Waals surface area contributed by atoms with Crippen molar-refractivity contribution < 1.29 is 8.78 Å². The van der Waals surface area contributed by atoms with Gasteiger partial charge in [-0.25, -0.2) is 8.78 Å². The first kappa shape index (κ1) is 11.5. The van der Waals surface area contributed by atoms with Crippen molar-refractivity contribution in [2.75, 3.05) is 0 Å². The summed E-state index contributed by atoms with van der Waals surface area (Å²) in [5.74, 6) is -2.76. The highest BCUT2D eigenvalue weighted by atomic mass is 19.3. The minimum Gasteiger partial charge on any atom is -0.325 e. The number of halogens is 2. The molecule has 0 unspecified atom stereocenters. The van der Waals surface area contributed by atoms with Crippen LogP contribution in [0.15, 0.2) is 24.3 Å². The molecule has 0 spiro atoms. The second-order valence-corrected chi connectivity index (χ2v) is 4.91. The topological polar surface area (TPSA) is 26.0 Å². The maximum atomic E-state index is 13.3. The predicted molar refractivity (Wildman–Crippen MR) is 60.5 cm³/mol. The van der Waals surface area contributed by atoms with Crippen LogP contribution in [0.25, 0.3) is 0 Å². The lowest BCUT2D eigenvalue weighted by molar-refractivity contribution is 0.0165. The van der Waals surface area contributed by atoms with E-state index in [-0.39, 0.29) is 11.1 Å². The van der Waals surface area contributed by atoms with Crippen LogP contribution >= 0.6 is 0 Å². The summed E-state index contributed by atoms with van der Waals surface area (Å²) in [5.41, 5.74) is 6.76. The molecule has 0 bridgehead atoms. The molecule has 1 saturated carbocycles. The number of hydrogen-bond acceptors (Lipinski definition) is 1. The van der Waals surface area contributed by atoms with E-state index in [0.717, 1.165) is 31.7 Å². The molecule has 1 fully saturated rings. The number of nitrogens with two attached hydrogens (primary N) is 1. The molecule has 0 heterocycles. The highest BCUT2D eigenvalue weighted by Crippen LogP contribution is 2.38. The highest BCUT2D eigenvalue weighted by molar-refractivity contribution is 5.31. The molecule has 2 rings (SSSR count). The van der Waals surface area contributed by atoms with E-state index in [1.165, 1.54) is 6.07 Å². The van der Waals surface area contributed by atoms with Gasteiger partial charge in [-0.2, -0.15) is 0 Å². The van der Waals surface area contributed by atoms with Crippen LogP contribution < -0.4 is 5.73 Å². The zero-order chi connectivity index (χ0) is 11.8. The number of hydrogen-bond donors (Lipinski definition) is 1. The Morgan fingerprint density at radius 1 is 1.31 bits per heavy atom. The average molecular weight is 225 g/mol. The zero-order valence-corrected chi connectivity index (χ0v) is 9.47. The van der Waals surface area contributed by atoms with Crippen LogP contribution in [0.2, 0.25) is 0 Å². The predicted octanol–water partition coefficient (Wildman–Crippen LogP) is 3.22.